The van der Waals surface area contributed by atoms with Crippen LogP contribution < -0.4 is 4.90 Å². The number of benzene rings is 1. The number of anilines is 1. The van der Waals surface area contributed by atoms with Crippen molar-refractivity contribution in [1.29, 1.82) is 0 Å². The summed E-state index contributed by atoms with van der Waals surface area (Å²) in [4.78, 5) is 10.7. The summed E-state index contributed by atoms with van der Waals surface area (Å²) in [6.07, 6.45) is 8.44. The van der Waals surface area contributed by atoms with Crippen molar-refractivity contribution in [3.63, 3.8) is 0 Å². The molecule has 4 unspecified atom stereocenters. The zero-order chi connectivity index (χ0) is 19.5. The summed E-state index contributed by atoms with van der Waals surface area (Å²) in [7, 11) is 0. The van der Waals surface area contributed by atoms with Crippen LogP contribution in [0.2, 0.25) is 0 Å². The van der Waals surface area contributed by atoms with Gasteiger partial charge in [0.15, 0.2) is 0 Å². The average molecular weight is 483 g/mol. The fourth-order valence-corrected chi connectivity index (χ4v) is 5.54. The summed E-state index contributed by atoms with van der Waals surface area (Å²) in [6, 6.07) is 6.94. The number of rotatable bonds is 6. The molecule has 151 valence electrons. The van der Waals surface area contributed by atoms with Crippen LogP contribution in [-0.4, -0.2) is 28.7 Å². The number of aryl methyl sites for hydroxylation is 1. The number of aromatic nitrogens is 1. The summed E-state index contributed by atoms with van der Waals surface area (Å²) in [5.41, 5.74) is 3.66. The molecule has 0 bridgehead atoms. The van der Waals surface area contributed by atoms with E-state index in [9.17, 15) is 5.11 Å². The van der Waals surface area contributed by atoms with Gasteiger partial charge in [-0.15, -0.1) is 0 Å². The first-order chi connectivity index (χ1) is 13.7. The second-order valence-corrected chi connectivity index (χ2v) is 8.93. The molecule has 2 heterocycles. The number of thiazole rings is 1. The van der Waals surface area contributed by atoms with Crippen molar-refractivity contribution in [3.05, 3.63) is 57.3 Å². The molecule has 4 atom stereocenters. The molecule has 2 aliphatic rings. The molecule has 1 fully saturated rings. The van der Waals surface area contributed by atoms with Gasteiger partial charge < -0.3 is 31.2 Å². The Balaban J connectivity index is 0.00000240. The SMILES string of the molecule is [C-]#[N+]C1CCN(c2ccc3c(c2)C(CC)CCC3O)C1CCCc1nc[c-]s1.[Y]. The van der Waals surface area contributed by atoms with Crippen molar-refractivity contribution in [2.75, 3.05) is 11.4 Å². The van der Waals surface area contributed by atoms with Gasteiger partial charge in [0.25, 0.3) is 0 Å². The Labute approximate surface area is 203 Å². The van der Waals surface area contributed by atoms with Crippen LogP contribution in [0.15, 0.2) is 24.4 Å². The molecule has 4 nitrogen and oxygen atoms in total. The first-order valence-corrected chi connectivity index (χ1v) is 11.3. The van der Waals surface area contributed by atoms with Crippen molar-refractivity contribution < 1.29 is 37.8 Å². The Bertz CT molecular complexity index is 835. The van der Waals surface area contributed by atoms with Gasteiger partial charge in [-0.05, 0) is 54.9 Å². The second kappa shape index (κ2) is 10.5. The quantitative estimate of drug-likeness (QED) is 0.578. The van der Waals surface area contributed by atoms with Gasteiger partial charge in [0.1, 0.15) is 6.04 Å². The largest absolute Gasteiger partial charge is 0.388 e. The van der Waals surface area contributed by atoms with Crippen LogP contribution in [0.1, 0.15) is 73.6 Å². The molecule has 1 aromatic carbocycles. The molecule has 0 saturated carbocycles. The Kier molecular flexibility index (Phi) is 8.27. The van der Waals surface area contributed by atoms with Crippen LogP contribution in [0.25, 0.3) is 4.85 Å². The number of hydrogen-bond acceptors (Lipinski definition) is 4. The Morgan fingerprint density at radius 2 is 2.17 bits per heavy atom. The third-order valence-corrected chi connectivity index (χ3v) is 7.26. The summed E-state index contributed by atoms with van der Waals surface area (Å²) in [5.74, 6) is 0.539. The van der Waals surface area contributed by atoms with Crippen LogP contribution in [0.5, 0.6) is 0 Å². The van der Waals surface area contributed by atoms with Crippen LogP contribution in [0, 0.1) is 12.0 Å². The van der Waals surface area contributed by atoms with E-state index in [-0.39, 0.29) is 50.9 Å². The van der Waals surface area contributed by atoms with E-state index in [4.69, 9.17) is 6.57 Å². The number of nitrogens with zero attached hydrogens (tertiary/aromatic N) is 3. The molecule has 0 amide bonds. The van der Waals surface area contributed by atoms with E-state index in [1.807, 2.05) is 0 Å². The van der Waals surface area contributed by atoms with Crippen LogP contribution in [-0.2, 0) is 39.1 Å². The molecule has 1 aliphatic heterocycles. The van der Waals surface area contributed by atoms with E-state index in [2.05, 4.69) is 45.2 Å². The zero-order valence-corrected chi connectivity index (χ0v) is 20.7. The maximum absolute atomic E-state index is 10.4. The van der Waals surface area contributed by atoms with Gasteiger partial charge in [-0.3, -0.25) is 0 Å². The molecule has 0 spiro atoms. The molecule has 29 heavy (non-hydrogen) atoms. The van der Waals surface area contributed by atoms with Gasteiger partial charge >= 0.3 is 0 Å². The second-order valence-electron chi connectivity index (χ2n) is 8.02. The van der Waals surface area contributed by atoms with Gasteiger partial charge in [-0.25, -0.2) is 6.57 Å². The van der Waals surface area contributed by atoms with Crippen molar-refractivity contribution in [1.82, 2.24) is 4.98 Å². The van der Waals surface area contributed by atoms with Crippen LogP contribution in [0.4, 0.5) is 5.69 Å². The number of hydrogen-bond donors (Lipinski definition) is 1. The minimum absolute atomic E-state index is 0. The average Bonchev–Trinajstić information content (AvgIpc) is 3.38. The maximum atomic E-state index is 10.4. The normalized spacial score (nSPS) is 25.9. The number of aliphatic hydroxyl groups is 1. The van der Waals surface area contributed by atoms with E-state index in [1.54, 1.807) is 17.5 Å². The van der Waals surface area contributed by atoms with Gasteiger partial charge in [-0.1, -0.05) is 37.0 Å². The molecule has 4 rings (SSSR count). The Hall–Kier alpha value is -0.796. The van der Waals surface area contributed by atoms with Crippen LogP contribution >= 0.6 is 11.3 Å². The number of fused-ring (bicyclic) bond motifs is 1. The minimum atomic E-state index is -0.327. The standard InChI is InChI=1S/C23H28N3OS.Y/c1-3-16-7-10-22(27)18-9-8-17(15-19(16)18)26-13-11-20(24-2)21(26)5-4-6-23-25-12-14-28-23;/h8-9,12,15-16,20-22,27H,3-7,10-11,13H2,1H3;/q-1;. The van der Waals surface area contributed by atoms with Crippen molar-refractivity contribution in [3.8, 4) is 0 Å². The van der Waals surface area contributed by atoms with E-state index in [0.29, 0.717) is 5.92 Å². The molecule has 6 heteroatoms. The van der Waals surface area contributed by atoms with Crippen molar-refractivity contribution in [2.24, 2.45) is 0 Å². The maximum Gasteiger partial charge on any atom is 0.245 e. The topological polar surface area (TPSA) is 40.7 Å². The summed E-state index contributed by atoms with van der Waals surface area (Å²) >= 11 is 1.59. The first kappa shape index (κ1) is 22.9. The summed E-state index contributed by atoms with van der Waals surface area (Å²) in [5, 5.41) is 14.6. The van der Waals surface area contributed by atoms with E-state index < -0.39 is 0 Å². The summed E-state index contributed by atoms with van der Waals surface area (Å²) in [6.45, 7) is 10.8. The van der Waals surface area contributed by atoms with Crippen LogP contribution in [0.3, 0.4) is 0 Å². The van der Waals surface area contributed by atoms with E-state index in [1.165, 1.54) is 11.3 Å². The van der Waals surface area contributed by atoms with Crippen molar-refractivity contribution >= 4 is 17.0 Å². The molecular weight excluding hydrogens is 455 g/mol. The molecule has 1 N–H and O–H groups in total. The fourth-order valence-electron chi connectivity index (χ4n) is 4.95. The van der Waals surface area contributed by atoms with E-state index in [0.717, 1.165) is 62.1 Å². The first-order valence-electron chi connectivity index (χ1n) is 10.5. The Morgan fingerprint density at radius 1 is 1.31 bits per heavy atom. The monoisotopic (exact) mass is 483 g/mol. The van der Waals surface area contributed by atoms with Gasteiger partial charge in [0.2, 0.25) is 6.04 Å². The third-order valence-electron chi connectivity index (χ3n) is 6.49. The molecule has 1 saturated heterocycles. The molecule has 2 aromatic rings. The Morgan fingerprint density at radius 3 is 2.90 bits per heavy atom. The van der Waals surface area contributed by atoms with Gasteiger partial charge in [-0.2, -0.15) is 5.38 Å². The predicted octanol–water partition coefficient (Wildman–Crippen LogP) is 5.15. The molecule has 1 aliphatic carbocycles. The molecule has 1 aromatic heterocycles. The molecular formula is C23H28N3OSY-. The predicted molar refractivity (Wildman–Crippen MR) is 114 cm³/mol. The fraction of sp³-hybridized carbons (Fsp3) is 0.565. The minimum Gasteiger partial charge on any atom is -0.388 e. The smallest absolute Gasteiger partial charge is 0.245 e. The number of aliphatic hydroxyl groups excluding tert-OH is 1. The van der Waals surface area contributed by atoms with Gasteiger partial charge in [0.05, 0.1) is 6.10 Å². The van der Waals surface area contributed by atoms with Crippen molar-refractivity contribution in [2.45, 2.75) is 76.0 Å². The zero-order valence-electron chi connectivity index (χ0n) is 17.1. The summed E-state index contributed by atoms with van der Waals surface area (Å²) < 4.78 is 0. The van der Waals surface area contributed by atoms with E-state index >= 15 is 0 Å². The molecule has 1 radical (unpaired) electrons. The van der Waals surface area contributed by atoms with Gasteiger partial charge in [0, 0.05) is 51.4 Å². The third kappa shape index (κ3) is 4.93.